The molecule has 6 heteroatoms. The van der Waals surface area contributed by atoms with E-state index < -0.39 is 12.1 Å². The number of ether oxygens (including phenoxy) is 1. The highest BCUT2D eigenvalue weighted by Gasteiger charge is 2.20. The molecule has 0 aliphatic carbocycles. The quantitative estimate of drug-likeness (QED) is 0.0321. The van der Waals surface area contributed by atoms with Crippen molar-refractivity contribution in [3.8, 4) is 0 Å². The van der Waals surface area contributed by atoms with E-state index in [0.717, 1.165) is 51.4 Å². The molecular weight excluding hydrogens is 815 g/mol. The molecule has 2 atom stereocenters. The van der Waals surface area contributed by atoms with Gasteiger partial charge in [-0.1, -0.05) is 276 Å². The second kappa shape index (κ2) is 55.9. The van der Waals surface area contributed by atoms with E-state index in [9.17, 15) is 19.8 Å². The zero-order valence-electron chi connectivity index (χ0n) is 44.4. The Morgan fingerprint density at radius 2 is 0.758 bits per heavy atom. The van der Waals surface area contributed by atoms with Crippen LogP contribution in [0.25, 0.3) is 0 Å². The average molecular weight is 931 g/mol. The molecule has 0 radical (unpaired) electrons. The van der Waals surface area contributed by atoms with Gasteiger partial charge in [0.15, 0.2) is 0 Å². The molecule has 0 aromatic rings. The highest BCUT2D eigenvalue weighted by Crippen LogP contribution is 2.17. The molecule has 3 N–H and O–H groups in total. The molecule has 0 saturated heterocycles. The molecule has 66 heavy (non-hydrogen) atoms. The van der Waals surface area contributed by atoms with Gasteiger partial charge in [-0.25, -0.2) is 0 Å². The van der Waals surface area contributed by atoms with Gasteiger partial charge in [-0.2, -0.15) is 0 Å². The fourth-order valence-electron chi connectivity index (χ4n) is 9.20. The molecule has 0 aromatic heterocycles. The summed E-state index contributed by atoms with van der Waals surface area (Å²) in [7, 11) is 0. The van der Waals surface area contributed by atoms with E-state index in [0.29, 0.717) is 25.9 Å². The molecule has 390 valence electrons. The minimum atomic E-state index is -0.664. The van der Waals surface area contributed by atoms with Gasteiger partial charge in [0.25, 0.3) is 0 Å². The molecule has 0 aromatic carbocycles. The van der Waals surface area contributed by atoms with E-state index in [2.05, 4.69) is 43.5 Å². The maximum absolute atomic E-state index is 12.4. The zero-order chi connectivity index (χ0) is 47.9. The summed E-state index contributed by atoms with van der Waals surface area (Å²) in [6, 6.07) is -0.542. The third kappa shape index (κ3) is 51.7. The van der Waals surface area contributed by atoms with Gasteiger partial charge in [-0.3, -0.25) is 9.59 Å². The number of allylic oxidation sites excluding steroid dienone is 4. The van der Waals surface area contributed by atoms with Gasteiger partial charge in [-0.15, -0.1) is 0 Å². The Balaban J connectivity index is 3.37. The average Bonchev–Trinajstić information content (AvgIpc) is 3.32. The summed E-state index contributed by atoms with van der Waals surface area (Å²) in [5.74, 6) is -0.0336. The topological polar surface area (TPSA) is 95.9 Å². The highest BCUT2D eigenvalue weighted by atomic mass is 16.5. The number of carbonyl (C=O) groups is 2. The molecule has 0 heterocycles. The van der Waals surface area contributed by atoms with Crippen molar-refractivity contribution >= 4 is 11.9 Å². The lowest BCUT2D eigenvalue weighted by Gasteiger charge is -2.22. The summed E-state index contributed by atoms with van der Waals surface area (Å²) in [6.07, 6.45) is 67.4. The number of esters is 1. The van der Waals surface area contributed by atoms with E-state index in [1.807, 2.05) is 0 Å². The van der Waals surface area contributed by atoms with Crippen molar-refractivity contribution in [1.29, 1.82) is 0 Å². The fourth-order valence-corrected chi connectivity index (χ4v) is 9.20. The lowest BCUT2D eigenvalue weighted by Crippen LogP contribution is -2.45. The van der Waals surface area contributed by atoms with Gasteiger partial charge in [0.05, 0.1) is 25.4 Å². The number of rotatable bonds is 55. The Morgan fingerprint density at radius 1 is 0.424 bits per heavy atom. The van der Waals surface area contributed by atoms with E-state index in [1.165, 1.54) is 238 Å². The van der Waals surface area contributed by atoms with Gasteiger partial charge in [-0.05, 0) is 57.8 Å². The standard InChI is InChI=1S/C60H115NO5/c1-3-5-7-9-11-13-15-17-18-23-27-30-34-38-42-46-50-54-60(65)66-55-51-47-43-39-35-31-28-25-22-20-19-21-24-26-29-33-37-41-45-49-53-59(64)61-57(56-62)58(63)52-48-44-40-36-32-16-14-12-10-8-6-4-2/h11,13,17-18,57-58,62-63H,3-10,12,14-16,19-56H2,1-2H3,(H,61,64)/b13-11-,18-17-. The number of aliphatic hydroxyl groups excluding tert-OH is 2. The van der Waals surface area contributed by atoms with Crippen LogP contribution in [0.2, 0.25) is 0 Å². The minimum Gasteiger partial charge on any atom is -0.466 e. The first-order valence-electron chi connectivity index (χ1n) is 29.6. The minimum absolute atomic E-state index is 0.00306. The molecule has 0 aliphatic heterocycles. The van der Waals surface area contributed by atoms with Crippen LogP contribution in [0, 0.1) is 0 Å². The first kappa shape index (κ1) is 64.3. The van der Waals surface area contributed by atoms with Crippen molar-refractivity contribution in [1.82, 2.24) is 5.32 Å². The normalized spacial score (nSPS) is 12.7. The largest absolute Gasteiger partial charge is 0.466 e. The summed E-state index contributed by atoms with van der Waals surface area (Å²) in [4.78, 5) is 24.5. The molecule has 1 amide bonds. The molecule has 0 rings (SSSR count). The first-order chi connectivity index (χ1) is 32.5. The number of carbonyl (C=O) groups excluding carboxylic acids is 2. The van der Waals surface area contributed by atoms with E-state index in [4.69, 9.17) is 4.74 Å². The smallest absolute Gasteiger partial charge is 0.305 e. The molecular formula is C60H115NO5. The SMILES string of the molecule is CCCCC/C=C\C/C=C\CCCCCCCCCC(=O)OCCCCCCCCCCCCCCCCCCCCCCC(=O)NC(CO)C(O)CCCCCCCCCCCCCC. The summed E-state index contributed by atoms with van der Waals surface area (Å²) >= 11 is 0. The van der Waals surface area contributed by atoms with Gasteiger partial charge in [0, 0.05) is 12.8 Å². The van der Waals surface area contributed by atoms with Crippen molar-refractivity contribution in [2.75, 3.05) is 13.2 Å². The van der Waals surface area contributed by atoms with Crippen LogP contribution < -0.4 is 5.32 Å². The second-order valence-electron chi connectivity index (χ2n) is 20.3. The molecule has 6 nitrogen and oxygen atoms in total. The van der Waals surface area contributed by atoms with Crippen LogP contribution in [-0.4, -0.2) is 47.4 Å². The van der Waals surface area contributed by atoms with Crippen LogP contribution in [0.3, 0.4) is 0 Å². The predicted molar refractivity (Wildman–Crippen MR) is 287 cm³/mol. The van der Waals surface area contributed by atoms with Gasteiger partial charge in [0.1, 0.15) is 0 Å². The Hall–Kier alpha value is -1.66. The molecule has 0 aliphatic rings. The van der Waals surface area contributed by atoms with Crippen molar-refractivity contribution in [2.24, 2.45) is 0 Å². The third-order valence-electron chi connectivity index (χ3n) is 13.8. The number of amides is 1. The summed E-state index contributed by atoms with van der Waals surface area (Å²) in [5, 5.41) is 23.2. The van der Waals surface area contributed by atoms with Crippen LogP contribution >= 0.6 is 0 Å². The first-order valence-corrected chi connectivity index (χ1v) is 29.6. The summed E-state index contributed by atoms with van der Waals surface area (Å²) < 4.78 is 5.49. The number of hydrogen-bond acceptors (Lipinski definition) is 5. The lowest BCUT2D eigenvalue weighted by atomic mass is 10.0. The molecule has 0 fully saturated rings. The van der Waals surface area contributed by atoms with Gasteiger partial charge in [0.2, 0.25) is 5.91 Å². The maximum atomic E-state index is 12.4. The van der Waals surface area contributed by atoms with Crippen LogP contribution in [0.4, 0.5) is 0 Å². The Labute approximate surface area is 411 Å². The number of aliphatic hydroxyl groups is 2. The van der Waals surface area contributed by atoms with Crippen molar-refractivity contribution in [3.63, 3.8) is 0 Å². The van der Waals surface area contributed by atoms with Crippen LogP contribution in [0.1, 0.15) is 322 Å². The highest BCUT2D eigenvalue weighted by molar-refractivity contribution is 5.76. The van der Waals surface area contributed by atoms with Gasteiger partial charge < -0.3 is 20.3 Å². The second-order valence-corrected chi connectivity index (χ2v) is 20.3. The van der Waals surface area contributed by atoms with E-state index in [1.54, 1.807) is 0 Å². The Kier molecular flexibility index (Phi) is 54.5. The molecule has 2 unspecified atom stereocenters. The van der Waals surface area contributed by atoms with E-state index >= 15 is 0 Å². The van der Waals surface area contributed by atoms with Crippen LogP contribution in [-0.2, 0) is 14.3 Å². The van der Waals surface area contributed by atoms with Gasteiger partial charge >= 0.3 is 5.97 Å². The summed E-state index contributed by atoms with van der Waals surface area (Å²) in [6.45, 7) is 4.93. The van der Waals surface area contributed by atoms with Crippen molar-refractivity contribution in [3.05, 3.63) is 24.3 Å². The maximum Gasteiger partial charge on any atom is 0.305 e. The molecule has 0 bridgehead atoms. The Morgan fingerprint density at radius 3 is 1.18 bits per heavy atom. The van der Waals surface area contributed by atoms with Crippen molar-refractivity contribution < 1.29 is 24.5 Å². The fraction of sp³-hybridized carbons (Fsp3) is 0.900. The lowest BCUT2D eigenvalue weighted by molar-refractivity contribution is -0.143. The van der Waals surface area contributed by atoms with Crippen LogP contribution in [0.5, 0.6) is 0 Å². The monoisotopic (exact) mass is 930 g/mol. The predicted octanol–water partition coefficient (Wildman–Crippen LogP) is 18.2. The van der Waals surface area contributed by atoms with Crippen LogP contribution in [0.15, 0.2) is 24.3 Å². The number of unbranched alkanes of at least 4 members (excludes halogenated alkanes) is 40. The molecule has 0 spiro atoms. The Bertz CT molecular complexity index is 1030. The van der Waals surface area contributed by atoms with Crippen molar-refractivity contribution in [2.45, 2.75) is 334 Å². The third-order valence-corrected chi connectivity index (χ3v) is 13.8. The van der Waals surface area contributed by atoms with E-state index in [-0.39, 0.29) is 18.5 Å². The number of nitrogens with one attached hydrogen (secondary N) is 1. The summed E-state index contributed by atoms with van der Waals surface area (Å²) in [5.41, 5.74) is 0. The number of hydrogen-bond donors (Lipinski definition) is 3. The molecule has 0 saturated carbocycles. The zero-order valence-corrected chi connectivity index (χ0v) is 44.4.